The third-order valence-corrected chi connectivity index (χ3v) is 19.6. The summed E-state index contributed by atoms with van der Waals surface area (Å²) in [5.74, 6) is 0.664. The van der Waals surface area contributed by atoms with Gasteiger partial charge in [-0.15, -0.1) is 0 Å². The Morgan fingerprint density at radius 1 is 0.172 bits per heavy atom. The Kier molecular flexibility index (Phi) is 19.3. The molecule has 476 valence electrons. The molecular weight excluding hydrogens is 1190 g/mol. The van der Waals surface area contributed by atoms with Crippen LogP contribution in [0.5, 0.6) is 0 Å². The van der Waals surface area contributed by atoms with Crippen LogP contribution in [0.2, 0.25) is 0 Å². The van der Waals surface area contributed by atoms with E-state index in [0.717, 1.165) is 77.4 Å². The highest BCUT2D eigenvalue weighted by atomic mass is 15.1. The summed E-state index contributed by atoms with van der Waals surface area (Å²) < 4.78 is 0. The fourth-order valence-electron chi connectivity index (χ4n) is 14.1. The summed E-state index contributed by atoms with van der Waals surface area (Å²) in [4.78, 5) is 4.65. The molecule has 2 atom stereocenters. The Morgan fingerprint density at radius 2 is 0.394 bits per heavy atom. The van der Waals surface area contributed by atoms with Gasteiger partial charge in [-0.25, -0.2) is 0 Å². The molecule has 0 amide bonds. The molecule has 0 bridgehead atoms. The molecule has 99 heavy (non-hydrogen) atoms. The van der Waals surface area contributed by atoms with Crippen LogP contribution in [-0.4, -0.2) is 0 Å². The summed E-state index contributed by atoms with van der Waals surface area (Å²) in [5, 5.41) is 0. The minimum Gasteiger partial charge on any atom is -0.311 e. The van der Waals surface area contributed by atoms with Crippen molar-refractivity contribution in [3.63, 3.8) is 0 Å². The number of hydrogen-bond donors (Lipinski definition) is 0. The first-order chi connectivity index (χ1) is 49.0. The quantitative estimate of drug-likeness (QED) is 0.0630. The van der Waals surface area contributed by atoms with Gasteiger partial charge in [0.15, 0.2) is 0 Å². The zero-order valence-electron chi connectivity index (χ0n) is 55.7. The number of para-hydroxylation sites is 2. The number of rotatable bonds is 23. The number of benzene rings is 15. The Bertz CT molecular complexity index is 4970. The van der Waals surface area contributed by atoms with E-state index < -0.39 is 0 Å². The van der Waals surface area contributed by atoms with Crippen LogP contribution in [0.4, 0.5) is 34.1 Å². The molecule has 0 N–H and O–H groups in total. The number of nitrogens with zero attached hydrogens (tertiary/aromatic N) is 2. The minimum absolute atomic E-state index is 0.287. The molecule has 0 fully saturated rings. The zero-order chi connectivity index (χ0) is 66.4. The first-order valence-corrected chi connectivity index (χ1v) is 34.8. The van der Waals surface area contributed by atoms with E-state index in [9.17, 15) is 0 Å². The molecular formula is C97H78N2. The van der Waals surface area contributed by atoms with E-state index in [0.29, 0.717) is 5.92 Å². The fraction of sp³-hybridized carbons (Fsp3) is 0.0722. The van der Waals surface area contributed by atoms with Gasteiger partial charge in [0.1, 0.15) is 0 Å². The monoisotopic (exact) mass is 1270 g/mol. The summed E-state index contributed by atoms with van der Waals surface area (Å²) in [6, 6.07) is 146. The van der Waals surface area contributed by atoms with E-state index in [1.54, 1.807) is 0 Å². The Morgan fingerprint density at radius 3 is 0.727 bits per heavy atom. The van der Waals surface area contributed by atoms with E-state index in [4.69, 9.17) is 0 Å². The van der Waals surface area contributed by atoms with Crippen LogP contribution < -0.4 is 9.80 Å². The molecule has 0 heterocycles. The highest BCUT2D eigenvalue weighted by Crippen LogP contribution is 2.41. The second-order valence-electron chi connectivity index (χ2n) is 25.9. The smallest absolute Gasteiger partial charge is 0.0462 e. The van der Waals surface area contributed by atoms with Crippen molar-refractivity contribution in [1.29, 1.82) is 0 Å². The molecule has 15 aromatic rings. The van der Waals surface area contributed by atoms with Crippen molar-refractivity contribution in [3.8, 4) is 66.8 Å². The maximum Gasteiger partial charge on any atom is 0.0462 e. The van der Waals surface area contributed by atoms with Crippen molar-refractivity contribution >= 4 is 34.1 Å². The largest absolute Gasteiger partial charge is 0.311 e. The van der Waals surface area contributed by atoms with Crippen molar-refractivity contribution in [2.45, 2.75) is 43.9 Å². The van der Waals surface area contributed by atoms with Crippen LogP contribution >= 0.6 is 0 Å². The lowest BCUT2D eigenvalue weighted by molar-refractivity contribution is 0.621. The lowest BCUT2D eigenvalue weighted by Gasteiger charge is -2.26. The van der Waals surface area contributed by atoms with Crippen molar-refractivity contribution in [1.82, 2.24) is 0 Å². The van der Waals surface area contributed by atoms with Crippen LogP contribution in [0, 0.1) is 0 Å². The van der Waals surface area contributed by atoms with Gasteiger partial charge in [0.25, 0.3) is 0 Å². The van der Waals surface area contributed by atoms with Gasteiger partial charge in [0.05, 0.1) is 0 Å². The first kappa shape index (κ1) is 63.0. The van der Waals surface area contributed by atoms with Gasteiger partial charge in [-0.05, 0) is 211 Å². The number of anilines is 6. The van der Waals surface area contributed by atoms with E-state index in [2.05, 4.69) is 410 Å². The van der Waals surface area contributed by atoms with E-state index in [1.807, 2.05) is 0 Å². The normalized spacial score (nSPS) is 11.8. The molecule has 0 aliphatic carbocycles. The van der Waals surface area contributed by atoms with Gasteiger partial charge in [-0.1, -0.05) is 328 Å². The van der Waals surface area contributed by atoms with E-state index >= 15 is 0 Å². The van der Waals surface area contributed by atoms with Crippen molar-refractivity contribution in [2.75, 3.05) is 9.80 Å². The third-order valence-electron chi connectivity index (χ3n) is 19.6. The lowest BCUT2D eigenvalue weighted by Crippen LogP contribution is -2.10. The van der Waals surface area contributed by atoms with Gasteiger partial charge < -0.3 is 9.80 Å². The van der Waals surface area contributed by atoms with Gasteiger partial charge in [-0.2, -0.15) is 0 Å². The van der Waals surface area contributed by atoms with Crippen LogP contribution in [0.15, 0.2) is 400 Å². The molecule has 0 spiro atoms. The van der Waals surface area contributed by atoms with Crippen LogP contribution in [0.3, 0.4) is 0 Å². The summed E-state index contributed by atoms with van der Waals surface area (Å²) in [5.41, 5.74) is 29.3. The average Bonchev–Trinajstić information content (AvgIpc) is 0.983. The number of aryl methyl sites for hydroxylation is 2. The van der Waals surface area contributed by atoms with Gasteiger partial charge in [0.2, 0.25) is 0 Å². The number of hydrogen-bond acceptors (Lipinski definition) is 2. The Hall–Kier alpha value is -12.1. The zero-order valence-corrected chi connectivity index (χ0v) is 55.7. The highest BCUT2D eigenvalue weighted by molar-refractivity contribution is 5.83. The fourth-order valence-corrected chi connectivity index (χ4v) is 14.1. The molecule has 0 aliphatic heterocycles. The summed E-state index contributed by atoms with van der Waals surface area (Å²) in [6.07, 6.45) is 5.12. The maximum absolute atomic E-state index is 2.38. The molecule has 0 aliphatic rings. The van der Waals surface area contributed by atoms with Crippen LogP contribution in [0.1, 0.15) is 58.1 Å². The van der Waals surface area contributed by atoms with Crippen molar-refractivity contribution < 1.29 is 0 Å². The molecule has 2 unspecified atom stereocenters. The van der Waals surface area contributed by atoms with E-state index in [-0.39, 0.29) is 5.92 Å². The van der Waals surface area contributed by atoms with Gasteiger partial charge >= 0.3 is 0 Å². The SMILES string of the molecule is c1ccc(CCC(c2ccc(-c3ccccc3)cc2)c2ccc(-c3ccc(C(CCc4ccc(-c5ccc(-c6ccc(N(c7ccccc7)c7ccc(-c8ccc(N(c9ccccc9)c9ccc(-c%10ccccc%10)cc9)cc8)cc7)cc6)cc5)cc4)Cc4ccccc4)cc3)cc2)cc1. The molecule has 0 saturated carbocycles. The third kappa shape index (κ3) is 15.1. The Balaban J connectivity index is 0.595. The summed E-state index contributed by atoms with van der Waals surface area (Å²) in [7, 11) is 0. The molecule has 2 nitrogen and oxygen atoms in total. The van der Waals surface area contributed by atoms with Crippen molar-refractivity contribution in [3.05, 3.63) is 434 Å². The molecule has 0 aromatic heterocycles. The molecule has 15 aromatic carbocycles. The standard InChI is InChI=1S/C97H78N2/c1-7-19-72(20-8-1)34-70-97(88-50-46-78(47-51-88)75-23-11-3-12-24-75)89-52-48-82(49-53-89)80-42-44-87(45-43-80)90(71-74-21-9-2-10-22-74)37-33-73-31-35-77(36-32-73)79-38-40-81(41-39-79)84-56-64-94(65-57-84)99(92-29-17-6-18-30-92)96-68-60-86(61-69-96)85-58-66-95(67-59-85)98(91-27-15-5-16-28-91)93-62-54-83(55-63-93)76-25-13-4-14-26-76/h1-32,35-36,38-69,90,97H,33-34,37,70-71H2. The Labute approximate surface area is 584 Å². The minimum atomic E-state index is 0.287. The van der Waals surface area contributed by atoms with Gasteiger partial charge in [0, 0.05) is 40.0 Å². The lowest BCUT2D eigenvalue weighted by atomic mass is 9.84. The predicted octanol–water partition coefficient (Wildman–Crippen LogP) is 26.4. The highest BCUT2D eigenvalue weighted by Gasteiger charge is 2.20. The average molecular weight is 1270 g/mol. The topological polar surface area (TPSA) is 6.48 Å². The molecule has 0 radical (unpaired) electrons. The molecule has 15 rings (SSSR count). The van der Waals surface area contributed by atoms with Crippen LogP contribution in [-0.2, 0) is 19.3 Å². The van der Waals surface area contributed by atoms with Crippen LogP contribution in [0.25, 0.3) is 66.8 Å². The van der Waals surface area contributed by atoms with Gasteiger partial charge in [-0.3, -0.25) is 0 Å². The summed E-state index contributed by atoms with van der Waals surface area (Å²) >= 11 is 0. The predicted molar refractivity (Wildman–Crippen MR) is 419 cm³/mol. The van der Waals surface area contributed by atoms with E-state index in [1.165, 1.54) is 89.0 Å². The first-order valence-electron chi connectivity index (χ1n) is 34.8. The summed E-state index contributed by atoms with van der Waals surface area (Å²) in [6.45, 7) is 0. The second kappa shape index (κ2) is 30.3. The maximum atomic E-state index is 2.38. The molecule has 0 saturated heterocycles. The second-order valence-corrected chi connectivity index (χ2v) is 25.9. The molecule has 2 heteroatoms. The van der Waals surface area contributed by atoms with Crippen molar-refractivity contribution in [2.24, 2.45) is 0 Å².